The Kier molecular flexibility index (Phi) is 18.0. The van der Waals surface area contributed by atoms with Gasteiger partial charge in [-0.1, -0.05) is 129 Å². The summed E-state index contributed by atoms with van der Waals surface area (Å²) in [5.74, 6) is 0. The summed E-state index contributed by atoms with van der Waals surface area (Å²) in [6.45, 7) is 9.02. The molecule has 2 aromatic rings. The summed E-state index contributed by atoms with van der Waals surface area (Å²) in [5.41, 5.74) is 21.1. The van der Waals surface area contributed by atoms with Crippen molar-refractivity contribution in [3.8, 4) is 0 Å². The first-order chi connectivity index (χ1) is 20.1. The maximum atomic E-state index is 11.6. The molecule has 0 atom stereocenters. The van der Waals surface area contributed by atoms with Crippen molar-refractivity contribution in [3.05, 3.63) is 87.5 Å². The number of rotatable bonds is 21. The van der Waals surface area contributed by atoms with Crippen molar-refractivity contribution < 1.29 is 21.2 Å². The third-order valence-electron chi connectivity index (χ3n) is 8.89. The van der Waals surface area contributed by atoms with E-state index in [-0.39, 0.29) is 16.5 Å². The third kappa shape index (κ3) is 11.3. The molecular weight excluding hydrogens is 555 g/mol. The van der Waals surface area contributed by atoms with Crippen LogP contribution < -0.4 is 0 Å². The maximum Gasteiger partial charge on any atom is 0.211 e. The van der Waals surface area contributed by atoms with Crippen LogP contribution in [0.2, 0.25) is 0 Å². The zero-order valence-electron chi connectivity index (χ0n) is 27.3. The van der Waals surface area contributed by atoms with E-state index >= 15 is 0 Å². The van der Waals surface area contributed by atoms with Crippen LogP contribution in [0.3, 0.4) is 0 Å². The molecule has 1 aliphatic rings. The Labute approximate surface area is 268 Å². The van der Waals surface area contributed by atoms with Crippen molar-refractivity contribution in [2.45, 2.75) is 150 Å². The number of aryl methyl sites for hydroxylation is 2. The summed E-state index contributed by atoms with van der Waals surface area (Å²) in [7, 11) is 0. The molecule has 0 aromatic heterocycles. The van der Waals surface area contributed by atoms with Crippen LogP contribution in [-0.4, -0.2) is 4.70 Å². The van der Waals surface area contributed by atoms with E-state index < -0.39 is 0 Å². The number of benzene rings is 2. The van der Waals surface area contributed by atoms with E-state index in [4.69, 9.17) is 0 Å². The van der Waals surface area contributed by atoms with E-state index in [1.54, 1.807) is 0 Å². The topological polar surface area (TPSA) is 25.3 Å². The average molecular weight is 614 g/mol. The molecule has 1 heterocycles. The molecule has 0 fully saturated rings. The van der Waals surface area contributed by atoms with Gasteiger partial charge < -0.3 is 5.53 Å². The normalized spacial score (nSPS) is 13.3. The van der Waals surface area contributed by atoms with E-state index in [0.717, 1.165) is 41.8 Å². The minimum absolute atomic E-state index is 0. The predicted molar refractivity (Wildman–Crippen MR) is 179 cm³/mol. The first-order valence-corrected chi connectivity index (χ1v) is 17.2. The minimum Gasteiger partial charge on any atom is -0.493 e. The standard InChI is InChI=1S/C39H58N2.Ni/c1-5-8-11-14-16-18-21-33-24-28-35(29-25-33)38-32(4)37(23-20-13-10-7-3)39(41(38)40)36-30-26-34(27-31-36)22-19-17-15-12-9-6-2;/h24-31H,5-23H2,1-4H3;. The van der Waals surface area contributed by atoms with Crippen molar-refractivity contribution >= 4 is 11.4 Å². The van der Waals surface area contributed by atoms with Gasteiger partial charge in [0, 0.05) is 38.8 Å². The summed E-state index contributed by atoms with van der Waals surface area (Å²) in [6, 6.07) is 18.0. The van der Waals surface area contributed by atoms with Crippen LogP contribution in [0.5, 0.6) is 0 Å². The summed E-state index contributed by atoms with van der Waals surface area (Å²) < 4.78 is 1.50. The monoisotopic (exact) mass is 612 g/mol. The molecule has 0 amide bonds. The van der Waals surface area contributed by atoms with Gasteiger partial charge in [-0.2, -0.15) is 0 Å². The first kappa shape index (κ1) is 36.2. The summed E-state index contributed by atoms with van der Waals surface area (Å²) in [6.07, 6.45) is 24.2. The fourth-order valence-corrected chi connectivity index (χ4v) is 6.27. The molecule has 0 aliphatic carbocycles. The minimum atomic E-state index is 0. The molecule has 234 valence electrons. The number of hydrogen-bond donors (Lipinski definition) is 0. The van der Waals surface area contributed by atoms with Crippen LogP contribution in [0.25, 0.3) is 16.9 Å². The largest absolute Gasteiger partial charge is 0.493 e. The Morgan fingerprint density at radius 2 is 0.833 bits per heavy atom. The predicted octanol–water partition coefficient (Wildman–Crippen LogP) is 12.7. The van der Waals surface area contributed by atoms with Crippen LogP contribution in [0, 0.1) is 0 Å². The molecule has 0 spiro atoms. The summed E-state index contributed by atoms with van der Waals surface area (Å²) in [4.78, 5) is 0. The van der Waals surface area contributed by atoms with Gasteiger partial charge in [-0.25, -0.2) is 4.70 Å². The van der Waals surface area contributed by atoms with Gasteiger partial charge >= 0.3 is 0 Å². The third-order valence-corrected chi connectivity index (χ3v) is 8.89. The second kappa shape index (κ2) is 20.8. The molecule has 0 saturated heterocycles. The van der Waals surface area contributed by atoms with Crippen molar-refractivity contribution in [2.75, 3.05) is 0 Å². The van der Waals surface area contributed by atoms with E-state index in [0.29, 0.717) is 0 Å². The Bertz CT molecular complexity index is 1110. The van der Waals surface area contributed by atoms with Gasteiger partial charge in [-0.3, -0.25) is 0 Å². The van der Waals surface area contributed by atoms with E-state index in [2.05, 4.69) is 76.2 Å². The molecular formula is C39H58N2Ni. The fraction of sp³-hybridized carbons (Fsp3) is 0.590. The van der Waals surface area contributed by atoms with Crippen LogP contribution in [-0.2, 0) is 29.3 Å². The van der Waals surface area contributed by atoms with E-state index in [9.17, 15) is 5.53 Å². The molecule has 3 rings (SSSR count). The first-order valence-electron chi connectivity index (χ1n) is 17.2. The van der Waals surface area contributed by atoms with Crippen molar-refractivity contribution in [1.82, 2.24) is 0 Å². The molecule has 3 heteroatoms. The fourth-order valence-electron chi connectivity index (χ4n) is 6.27. The van der Waals surface area contributed by atoms with Crippen LogP contribution in [0.15, 0.2) is 59.7 Å². The SMILES string of the molecule is CCCCCCCCc1ccc(C2=C(C)C(CCCCCC)=C(c3ccc(CCCCCCCC)cc3)[N+]2=[N-])cc1.[Ni]. The second-order valence-electron chi connectivity index (χ2n) is 12.4. The molecule has 42 heavy (non-hydrogen) atoms. The van der Waals surface area contributed by atoms with Gasteiger partial charge in [0.25, 0.3) is 0 Å². The van der Waals surface area contributed by atoms with Gasteiger partial charge in [0.1, 0.15) is 0 Å². The Morgan fingerprint density at radius 3 is 1.29 bits per heavy atom. The van der Waals surface area contributed by atoms with E-state index in [1.807, 2.05) is 0 Å². The number of nitrogens with zero attached hydrogens (tertiary/aromatic N) is 2. The van der Waals surface area contributed by atoms with E-state index in [1.165, 1.54) is 130 Å². The van der Waals surface area contributed by atoms with Gasteiger partial charge in [0.15, 0.2) is 0 Å². The molecule has 0 saturated carbocycles. The molecule has 2 nitrogen and oxygen atoms in total. The maximum absolute atomic E-state index is 11.6. The van der Waals surface area contributed by atoms with Gasteiger partial charge in [-0.15, -0.1) is 0 Å². The zero-order chi connectivity index (χ0) is 29.3. The Hall–Kier alpha value is -1.99. The Morgan fingerprint density at radius 1 is 0.476 bits per heavy atom. The van der Waals surface area contributed by atoms with Crippen LogP contribution in [0.1, 0.15) is 159 Å². The molecule has 0 N–H and O–H groups in total. The summed E-state index contributed by atoms with van der Waals surface area (Å²) >= 11 is 0. The van der Waals surface area contributed by atoms with Crippen molar-refractivity contribution in [1.29, 1.82) is 0 Å². The number of unbranched alkanes of at least 4 members (excludes halogenated alkanes) is 13. The molecule has 2 aromatic carbocycles. The Balaban J connectivity index is 0.00000616. The number of allylic oxidation sites excluding steroid dienone is 2. The smallest absolute Gasteiger partial charge is 0.211 e. The quantitative estimate of drug-likeness (QED) is 0.0761. The van der Waals surface area contributed by atoms with Gasteiger partial charge in [-0.05, 0) is 80.8 Å². The van der Waals surface area contributed by atoms with Gasteiger partial charge in [0.05, 0.1) is 0 Å². The van der Waals surface area contributed by atoms with Crippen LogP contribution in [0.4, 0.5) is 0 Å². The molecule has 0 radical (unpaired) electrons. The van der Waals surface area contributed by atoms with Gasteiger partial charge in [0.2, 0.25) is 11.4 Å². The van der Waals surface area contributed by atoms with Crippen LogP contribution >= 0.6 is 0 Å². The molecule has 0 bridgehead atoms. The van der Waals surface area contributed by atoms with Crippen molar-refractivity contribution in [3.63, 3.8) is 0 Å². The molecule has 1 aliphatic heterocycles. The zero-order valence-corrected chi connectivity index (χ0v) is 28.3. The van der Waals surface area contributed by atoms with Crippen molar-refractivity contribution in [2.24, 2.45) is 0 Å². The summed E-state index contributed by atoms with van der Waals surface area (Å²) in [5, 5.41) is 0. The molecule has 0 unspecified atom stereocenters. The second-order valence-corrected chi connectivity index (χ2v) is 12.4. The average Bonchev–Trinajstić information content (AvgIpc) is 3.24. The number of hydrogen-bond acceptors (Lipinski definition) is 0.